The van der Waals surface area contributed by atoms with Crippen LogP contribution in [0.1, 0.15) is 17.2 Å². The third-order valence-corrected chi connectivity index (χ3v) is 2.22. The Morgan fingerprint density at radius 1 is 0.857 bits per heavy atom. The van der Waals surface area contributed by atoms with Crippen LogP contribution in [0, 0.1) is 0 Å². The molecule has 0 saturated heterocycles. The number of rotatable bonds is 2. The Bertz CT molecular complexity index is 344. The fraction of sp³-hybridized carbons (Fsp3) is 0.0833. The van der Waals surface area contributed by atoms with E-state index in [0.29, 0.717) is 0 Å². The molecule has 2 heteroatoms. The van der Waals surface area contributed by atoms with Crippen LogP contribution >= 0.6 is 0 Å². The molecule has 2 nitrogen and oxygen atoms in total. The second-order valence-electron chi connectivity index (χ2n) is 3.17. The SMILES string of the molecule is N[C@@H](c1ccccc1)c1ccncc1. The van der Waals surface area contributed by atoms with Crippen LogP contribution in [0.3, 0.4) is 0 Å². The molecule has 14 heavy (non-hydrogen) atoms. The monoisotopic (exact) mass is 184 g/mol. The highest BCUT2D eigenvalue weighted by Crippen LogP contribution is 2.17. The van der Waals surface area contributed by atoms with Crippen LogP contribution in [0.25, 0.3) is 0 Å². The first-order valence-electron chi connectivity index (χ1n) is 4.58. The molecule has 2 rings (SSSR count). The van der Waals surface area contributed by atoms with Gasteiger partial charge in [0.05, 0.1) is 6.04 Å². The molecule has 0 saturated carbocycles. The Hall–Kier alpha value is -1.67. The zero-order chi connectivity index (χ0) is 9.80. The third-order valence-electron chi connectivity index (χ3n) is 2.22. The van der Waals surface area contributed by atoms with E-state index < -0.39 is 0 Å². The smallest absolute Gasteiger partial charge is 0.0552 e. The quantitative estimate of drug-likeness (QED) is 0.776. The lowest BCUT2D eigenvalue weighted by molar-refractivity contribution is 0.868. The number of pyridine rings is 1. The van der Waals surface area contributed by atoms with Crippen LogP contribution in [-0.2, 0) is 0 Å². The maximum Gasteiger partial charge on any atom is 0.0552 e. The Balaban J connectivity index is 2.30. The molecule has 2 N–H and O–H groups in total. The third kappa shape index (κ3) is 1.80. The molecule has 1 atom stereocenters. The summed E-state index contributed by atoms with van der Waals surface area (Å²) in [6.07, 6.45) is 3.52. The molecule has 0 aliphatic rings. The van der Waals surface area contributed by atoms with Crippen molar-refractivity contribution in [3.63, 3.8) is 0 Å². The van der Waals surface area contributed by atoms with Crippen LogP contribution in [-0.4, -0.2) is 4.98 Å². The molecule has 0 unspecified atom stereocenters. The standard InChI is InChI=1S/C12H12N2/c13-12(10-4-2-1-3-5-10)11-6-8-14-9-7-11/h1-9,12H,13H2/t12-/m0/s1. The fourth-order valence-corrected chi connectivity index (χ4v) is 1.42. The maximum atomic E-state index is 6.09. The fourth-order valence-electron chi connectivity index (χ4n) is 1.42. The van der Waals surface area contributed by atoms with Crippen LogP contribution in [0.5, 0.6) is 0 Å². The summed E-state index contributed by atoms with van der Waals surface area (Å²) in [5, 5.41) is 0. The minimum absolute atomic E-state index is 0.0563. The predicted octanol–water partition coefficient (Wildman–Crippen LogP) is 2.13. The first-order valence-corrected chi connectivity index (χ1v) is 4.58. The summed E-state index contributed by atoms with van der Waals surface area (Å²) in [5.41, 5.74) is 8.30. The molecule has 0 aliphatic heterocycles. The van der Waals surface area contributed by atoms with Crippen LogP contribution in [0.2, 0.25) is 0 Å². The molecule has 1 aromatic heterocycles. The summed E-state index contributed by atoms with van der Waals surface area (Å²) in [7, 11) is 0. The molecule has 0 fully saturated rings. The summed E-state index contributed by atoms with van der Waals surface area (Å²) in [6, 6.07) is 13.9. The largest absolute Gasteiger partial charge is 0.320 e. The normalized spacial score (nSPS) is 12.4. The van der Waals surface area contributed by atoms with Gasteiger partial charge in [0, 0.05) is 12.4 Å². The van der Waals surface area contributed by atoms with Crippen molar-refractivity contribution in [3.8, 4) is 0 Å². The van der Waals surface area contributed by atoms with Crippen molar-refractivity contribution in [2.45, 2.75) is 6.04 Å². The lowest BCUT2D eigenvalue weighted by Gasteiger charge is -2.11. The van der Waals surface area contributed by atoms with Crippen molar-refractivity contribution in [2.24, 2.45) is 5.73 Å². The van der Waals surface area contributed by atoms with Crippen LogP contribution in [0.4, 0.5) is 0 Å². The summed E-state index contributed by atoms with van der Waals surface area (Å²) >= 11 is 0. The van der Waals surface area contributed by atoms with Gasteiger partial charge in [0.25, 0.3) is 0 Å². The first kappa shape index (κ1) is 8.91. The average Bonchev–Trinajstić information content (AvgIpc) is 2.30. The van der Waals surface area contributed by atoms with Crippen molar-refractivity contribution < 1.29 is 0 Å². The van der Waals surface area contributed by atoms with E-state index in [-0.39, 0.29) is 6.04 Å². The van der Waals surface area contributed by atoms with E-state index in [1.807, 2.05) is 42.5 Å². The van der Waals surface area contributed by atoms with Gasteiger partial charge in [0.15, 0.2) is 0 Å². The van der Waals surface area contributed by atoms with Gasteiger partial charge >= 0.3 is 0 Å². The van der Waals surface area contributed by atoms with Gasteiger partial charge in [-0.05, 0) is 23.3 Å². The molecule has 2 aromatic rings. The van der Waals surface area contributed by atoms with Crippen molar-refractivity contribution in [2.75, 3.05) is 0 Å². The molecule has 1 heterocycles. The van der Waals surface area contributed by atoms with Gasteiger partial charge < -0.3 is 5.73 Å². The summed E-state index contributed by atoms with van der Waals surface area (Å²) < 4.78 is 0. The molecule has 0 amide bonds. The van der Waals surface area contributed by atoms with Crippen LogP contribution < -0.4 is 5.73 Å². The van der Waals surface area contributed by atoms with Gasteiger partial charge in [-0.3, -0.25) is 4.98 Å². The van der Waals surface area contributed by atoms with E-state index in [4.69, 9.17) is 5.73 Å². The number of benzene rings is 1. The number of nitrogens with zero attached hydrogens (tertiary/aromatic N) is 1. The van der Waals surface area contributed by atoms with E-state index in [2.05, 4.69) is 4.98 Å². The molecular formula is C12H12N2. The highest BCUT2D eigenvalue weighted by molar-refractivity contribution is 5.29. The molecular weight excluding hydrogens is 172 g/mol. The van der Waals surface area contributed by atoms with Gasteiger partial charge in [-0.25, -0.2) is 0 Å². The van der Waals surface area contributed by atoms with E-state index in [0.717, 1.165) is 11.1 Å². The average molecular weight is 184 g/mol. The van der Waals surface area contributed by atoms with Gasteiger partial charge in [-0.2, -0.15) is 0 Å². The molecule has 1 aromatic carbocycles. The molecule has 0 spiro atoms. The van der Waals surface area contributed by atoms with E-state index in [9.17, 15) is 0 Å². The van der Waals surface area contributed by atoms with Crippen LogP contribution in [0.15, 0.2) is 54.9 Å². The summed E-state index contributed by atoms with van der Waals surface area (Å²) in [6.45, 7) is 0. The zero-order valence-corrected chi connectivity index (χ0v) is 7.80. The van der Waals surface area contributed by atoms with E-state index >= 15 is 0 Å². The summed E-state index contributed by atoms with van der Waals surface area (Å²) in [4.78, 5) is 3.97. The van der Waals surface area contributed by atoms with Gasteiger partial charge in [-0.1, -0.05) is 30.3 Å². The molecule has 0 radical (unpaired) electrons. The second kappa shape index (κ2) is 4.03. The Labute approximate surface area is 83.4 Å². The lowest BCUT2D eigenvalue weighted by Crippen LogP contribution is -2.11. The first-order chi connectivity index (χ1) is 6.88. The maximum absolute atomic E-state index is 6.09. The van der Waals surface area contributed by atoms with Crippen molar-refractivity contribution in [1.82, 2.24) is 4.98 Å². The van der Waals surface area contributed by atoms with Gasteiger partial charge in [0.2, 0.25) is 0 Å². The lowest BCUT2D eigenvalue weighted by atomic mass is 10.0. The highest BCUT2D eigenvalue weighted by atomic mass is 14.7. The number of hydrogen-bond acceptors (Lipinski definition) is 2. The van der Waals surface area contributed by atoms with Gasteiger partial charge in [0.1, 0.15) is 0 Å². The number of nitrogens with two attached hydrogens (primary N) is 1. The molecule has 0 bridgehead atoms. The molecule has 0 aliphatic carbocycles. The van der Waals surface area contributed by atoms with Crippen molar-refractivity contribution in [1.29, 1.82) is 0 Å². The Morgan fingerprint density at radius 3 is 2.07 bits per heavy atom. The van der Waals surface area contributed by atoms with E-state index in [1.54, 1.807) is 12.4 Å². The van der Waals surface area contributed by atoms with Crippen molar-refractivity contribution in [3.05, 3.63) is 66.0 Å². The predicted molar refractivity (Wildman–Crippen MR) is 56.7 cm³/mol. The number of aromatic nitrogens is 1. The minimum atomic E-state index is -0.0563. The van der Waals surface area contributed by atoms with E-state index in [1.165, 1.54) is 0 Å². The Kier molecular flexibility index (Phi) is 2.56. The zero-order valence-electron chi connectivity index (χ0n) is 7.80. The second-order valence-corrected chi connectivity index (χ2v) is 3.17. The van der Waals surface area contributed by atoms with Gasteiger partial charge in [-0.15, -0.1) is 0 Å². The number of hydrogen-bond donors (Lipinski definition) is 1. The highest BCUT2D eigenvalue weighted by Gasteiger charge is 2.06. The van der Waals surface area contributed by atoms with Crippen molar-refractivity contribution >= 4 is 0 Å². The molecule has 70 valence electrons. The summed E-state index contributed by atoms with van der Waals surface area (Å²) in [5.74, 6) is 0. The Morgan fingerprint density at radius 2 is 1.43 bits per heavy atom. The topological polar surface area (TPSA) is 38.9 Å². The minimum Gasteiger partial charge on any atom is -0.320 e.